The molecule has 0 spiro atoms. The van der Waals surface area contributed by atoms with Gasteiger partial charge in [0.1, 0.15) is 0 Å². The highest BCUT2D eigenvalue weighted by Crippen LogP contribution is 2.33. The van der Waals surface area contributed by atoms with E-state index in [4.69, 9.17) is 0 Å². The van der Waals surface area contributed by atoms with E-state index in [-0.39, 0.29) is 18.9 Å². The predicted molar refractivity (Wildman–Crippen MR) is 66.6 cm³/mol. The van der Waals surface area contributed by atoms with Crippen molar-refractivity contribution in [1.29, 1.82) is 0 Å². The first-order valence-corrected chi connectivity index (χ1v) is 6.64. The largest absolute Gasteiger partial charge is 0.393 e. The number of likely N-dealkylation sites (tertiary alicyclic amines) is 1. The molecule has 0 aromatic carbocycles. The van der Waals surface area contributed by atoms with Gasteiger partial charge in [-0.2, -0.15) is 13.2 Å². The summed E-state index contributed by atoms with van der Waals surface area (Å²) in [7, 11) is 0. The molecular formula is C12H12BrF3N2O. The molecule has 7 heteroatoms. The number of nitrogens with zero attached hydrogens (tertiary/aromatic N) is 2. The van der Waals surface area contributed by atoms with Crippen molar-refractivity contribution in [2.24, 2.45) is 5.92 Å². The van der Waals surface area contributed by atoms with Crippen LogP contribution in [0.15, 0.2) is 22.9 Å². The Morgan fingerprint density at radius 2 is 2.21 bits per heavy atom. The number of alkyl halides is 3. The van der Waals surface area contributed by atoms with Gasteiger partial charge in [-0.25, -0.2) is 0 Å². The predicted octanol–water partition coefficient (Wildman–Crippen LogP) is 3.26. The summed E-state index contributed by atoms with van der Waals surface area (Å²) in [4.78, 5) is 17.3. The molecule has 1 aliphatic heterocycles. The highest BCUT2D eigenvalue weighted by atomic mass is 79.9. The lowest BCUT2D eigenvalue weighted by Gasteiger charge is -2.33. The number of pyridine rings is 1. The smallest absolute Gasteiger partial charge is 0.338 e. The average Bonchev–Trinajstić information content (AvgIpc) is 2.38. The molecule has 0 bridgehead atoms. The second-order valence-electron chi connectivity index (χ2n) is 4.49. The molecule has 1 amide bonds. The van der Waals surface area contributed by atoms with Gasteiger partial charge in [-0.3, -0.25) is 9.78 Å². The Morgan fingerprint density at radius 1 is 1.47 bits per heavy atom. The minimum atomic E-state index is -4.24. The van der Waals surface area contributed by atoms with E-state index in [1.165, 1.54) is 23.4 Å². The van der Waals surface area contributed by atoms with Crippen LogP contribution in [0.2, 0.25) is 0 Å². The summed E-state index contributed by atoms with van der Waals surface area (Å²) in [5.74, 6) is -1.81. The van der Waals surface area contributed by atoms with Crippen LogP contribution in [0.3, 0.4) is 0 Å². The van der Waals surface area contributed by atoms with Crippen LogP contribution in [-0.4, -0.2) is 35.1 Å². The molecule has 1 unspecified atom stereocenters. The second kappa shape index (κ2) is 5.48. The van der Waals surface area contributed by atoms with Crippen LogP contribution >= 0.6 is 15.9 Å². The van der Waals surface area contributed by atoms with Crippen molar-refractivity contribution >= 4 is 21.8 Å². The van der Waals surface area contributed by atoms with Crippen LogP contribution < -0.4 is 0 Å². The molecule has 1 atom stereocenters. The van der Waals surface area contributed by atoms with Crippen LogP contribution in [0.4, 0.5) is 13.2 Å². The van der Waals surface area contributed by atoms with Gasteiger partial charge in [0.05, 0.1) is 11.5 Å². The van der Waals surface area contributed by atoms with Gasteiger partial charge in [0.2, 0.25) is 0 Å². The van der Waals surface area contributed by atoms with Crippen LogP contribution in [0.25, 0.3) is 0 Å². The quantitative estimate of drug-likeness (QED) is 0.788. The van der Waals surface area contributed by atoms with Crippen molar-refractivity contribution in [2.75, 3.05) is 13.1 Å². The van der Waals surface area contributed by atoms with Crippen molar-refractivity contribution in [2.45, 2.75) is 19.0 Å². The maximum atomic E-state index is 12.7. The fourth-order valence-electron chi connectivity index (χ4n) is 2.15. The first-order chi connectivity index (χ1) is 8.89. The molecule has 19 heavy (non-hydrogen) atoms. The minimum Gasteiger partial charge on any atom is -0.338 e. The summed E-state index contributed by atoms with van der Waals surface area (Å²) in [6.07, 6.45) is -0.876. The number of aromatic nitrogens is 1. The van der Waals surface area contributed by atoms with E-state index in [1.54, 1.807) is 0 Å². The minimum absolute atomic E-state index is 0.0881. The second-order valence-corrected chi connectivity index (χ2v) is 5.34. The Labute approximate surface area is 116 Å². The van der Waals surface area contributed by atoms with Gasteiger partial charge in [0, 0.05) is 30.0 Å². The Kier molecular flexibility index (Phi) is 4.13. The summed E-state index contributed by atoms with van der Waals surface area (Å²) in [6.45, 7) is 0.0945. The number of hydrogen-bond donors (Lipinski definition) is 0. The normalized spacial score (nSPS) is 20.4. The maximum Gasteiger partial charge on any atom is 0.393 e. The van der Waals surface area contributed by atoms with E-state index in [9.17, 15) is 18.0 Å². The van der Waals surface area contributed by atoms with Gasteiger partial charge in [-0.1, -0.05) is 0 Å². The third-order valence-corrected chi connectivity index (χ3v) is 3.81. The van der Waals surface area contributed by atoms with Gasteiger partial charge in [-0.05, 0) is 34.8 Å². The fraction of sp³-hybridized carbons (Fsp3) is 0.500. The van der Waals surface area contributed by atoms with Crippen LogP contribution in [0.1, 0.15) is 23.2 Å². The van der Waals surface area contributed by atoms with Crippen molar-refractivity contribution < 1.29 is 18.0 Å². The Bertz CT molecular complexity index is 478. The Hall–Kier alpha value is -1.11. The van der Waals surface area contributed by atoms with Crippen LogP contribution in [0.5, 0.6) is 0 Å². The number of carbonyl (C=O) groups excluding carboxylic acids is 1. The molecule has 0 aliphatic carbocycles. The lowest BCUT2D eigenvalue weighted by molar-refractivity contribution is -0.184. The van der Waals surface area contributed by atoms with Crippen molar-refractivity contribution in [3.05, 3.63) is 28.5 Å². The first kappa shape index (κ1) is 14.3. The summed E-state index contributed by atoms with van der Waals surface area (Å²) in [6, 6.07) is 1.50. The summed E-state index contributed by atoms with van der Waals surface area (Å²) in [5, 5.41) is 0. The molecule has 3 nitrogen and oxygen atoms in total. The third kappa shape index (κ3) is 3.26. The topological polar surface area (TPSA) is 33.2 Å². The summed E-state index contributed by atoms with van der Waals surface area (Å²) in [5.41, 5.74) is 0.345. The SMILES string of the molecule is O=C(c1ccncc1Br)N1CCCC(C(F)(F)F)C1. The van der Waals surface area contributed by atoms with Crippen LogP contribution in [-0.2, 0) is 0 Å². The molecule has 1 saturated heterocycles. The molecule has 0 N–H and O–H groups in total. The van der Waals surface area contributed by atoms with E-state index in [0.717, 1.165) is 0 Å². The zero-order valence-corrected chi connectivity index (χ0v) is 11.5. The van der Waals surface area contributed by atoms with Gasteiger partial charge >= 0.3 is 6.18 Å². The highest BCUT2D eigenvalue weighted by Gasteiger charge is 2.42. The standard InChI is InChI=1S/C12H12BrF3N2O/c13-10-6-17-4-3-9(10)11(19)18-5-1-2-8(7-18)12(14,15)16/h3-4,6,8H,1-2,5,7H2. The monoisotopic (exact) mass is 336 g/mol. The molecule has 104 valence electrons. The number of hydrogen-bond acceptors (Lipinski definition) is 2. The number of halogens is 4. The van der Waals surface area contributed by atoms with Crippen molar-refractivity contribution in [1.82, 2.24) is 9.88 Å². The number of carbonyl (C=O) groups is 1. The molecule has 1 aliphatic rings. The number of amides is 1. The maximum absolute atomic E-state index is 12.7. The Balaban J connectivity index is 2.14. The van der Waals surface area contributed by atoms with Gasteiger partial charge in [0.15, 0.2) is 0 Å². The van der Waals surface area contributed by atoms with Gasteiger partial charge in [0.25, 0.3) is 5.91 Å². The zero-order valence-electron chi connectivity index (χ0n) is 9.95. The fourth-order valence-corrected chi connectivity index (χ4v) is 2.57. The molecule has 1 fully saturated rings. The summed E-state index contributed by atoms with van der Waals surface area (Å²) >= 11 is 3.19. The molecule has 1 aromatic rings. The number of rotatable bonds is 1. The van der Waals surface area contributed by atoms with Gasteiger partial charge in [-0.15, -0.1) is 0 Å². The highest BCUT2D eigenvalue weighted by molar-refractivity contribution is 9.10. The third-order valence-electron chi connectivity index (χ3n) is 3.17. The van der Waals surface area contributed by atoms with E-state index in [0.29, 0.717) is 23.0 Å². The van der Waals surface area contributed by atoms with Crippen molar-refractivity contribution in [3.63, 3.8) is 0 Å². The van der Waals surface area contributed by atoms with E-state index in [1.807, 2.05) is 0 Å². The first-order valence-electron chi connectivity index (χ1n) is 5.85. The molecule has 2 rings (SSSR count). The average molecular weight is 337 g/mol. The lowest BCUT2D eigenvalue weighted by atomic mass is 9.97. The zero-order chi connectivity index (χ0) is 14.0. The lowest BCUT2D eigenvalue weighted by Crippen LogP contribution is -2.44. The summed E-state index contributed by atoms with van der Waals surface area (Å²) < 4.78 is 38.6. The Morgan fingerprint density at radius 3 is 2.84 bits per heavy atom. The molecule has 2 heterocycles. The molecule has 0 saturated carbocycles. The van der Waals surface area contributed by atoms with E-state index >= 15 is 0 Å². The molecule has 0 radical (unpaired) electrons. The van der Waals surface area contributed by atoms with Gasteiger partial charge < -0.3 is 4.90 Å². The van der Waals surface area contributed by atoms with E-state index < -0.39 is 12.1 Å². The van der Waals surface area contributed by atoms with Crippen LogP contribution in [0, 0.1) is 5.92 Å². The number of piperidine rings is 1. The molecular weight excluding hydrogens is 325 g/mol. The van der Waals surface area contributed by atoms with E-state index in [2.05, 4.69) is 20.9 Å². The van der Waals surface area contributed by atoms with Crippen molar-refractivity contribution in [3.8, 4) is 0 Å². The molecule has 1 aromatic heterocycles.